The molecule has 2 amide bonds. The summed E-state index contributed by atoms with van der Waals surface area (Å²) >= 11 is 0. The first kappa shape index (κ1) is 28.4. The summed E-state index contributed by atoms with van der Waals surface area (Å²) in [7, 11) is 1.87. The molecule has 4 rings (SSSR count). The zero-order valence-electron chi connectivity index (χ0n) is 24.7. The lowest BCUT2D eigenvalue weighted by Gasteiger charge is -2.32. The molecule has 0 bridgehead atoms. The summed E-state index contributed by atoms with van der Waals surface area (Å²) in [6.07, 6.45) is 6.30. The van der Waals surface area contributed by atoms with E-state index in [0.29, 0.717) is 30.3 Å². The highest BCUT2D eigenvalue weighted by Gasteiger charge is 2.29. The van der Waals surface area contributed by atoms with Crippen LogP contribution in [0.25, 0.3) is 11.3 Å². The van der Waals surface area contributed by atoms with E-state index >= 15 is 0 Å². The van der Waals surface area contributed by atoms with E-state index in [4.69, 9.17) is 4.74 Å². The maximum Gasteiger partial charge on any atom is 0.254 e. The van der Waals surface area contributed by atoms with Gasteiger partial charge in [-0.15, -0.1) is 0 Å². The van der Waals surface area contributed by atoms with E-state index in [0.717, 1.165) is 29.1 Å². The van der Waals surface area contributed by atoms with Crippen molar-refractivity contribution in [2.45, 2.75) is 104 Å². The summed E-state index contributed by atoms with van der Waals surface area (Å²) in [5.41, 5.74) is 5.09. The van der Waals surface area contributed by atoms with Gasteiger partial charge in [-0.3, -0.25) is 9.59 Å². The normalized spacial score (nSPS) is 17.3. The molecule has 6 nitrogen and oxygen atoms in total. The lowest BCUT2D eigenvalue weighted by Crippen LogP contribution is -2.48. The van der Waals surface area contributed by atoms with Gasteiger partial charge in [0.15, 0.2) is 0 Å². The van der Waals surface area contributed by atoms with E-state index in [9.17, 15) is 9.59 Å². The molecule has 208 valence electrons. The van der Waals surface area contributed by atoms with Crippen molar-refractivity contribution in [2.75, 3.05) is 20.3 Å². The van der Waals surface area contributed by atoms with Crippen LogP contribution >= 0.6 is 0 Å². The van der Waals surface area contributed by atoms with Crippen LogP contribution in [0.2, 0.25) is 0 Å². The number of aromatic nitrogens is 1. The number of benzene rings is 1. The van der Waals surface area contributed by atoms with Crippen molar-refractivity contribution in [3.05, 3.63) is 46.6 Å². The maximum absolute atomic E-state index is 13.6. The molecule has 0 atom stereocenters. The van der Waals surface area contributed by atoms with Crippen molar-refractivity contribution in [1.82, 2.24) is 14.8 Å². The van der Waals surface area contributed by atoms with Crippen LogP contribution in [0.3, 0.4) is 0 Å². The molecule has 1 aliphatic carbocycles. The van der Waals surface area contributed by atoms with Gasteiger partial charge in [0.1, 0.15) is 0 Å². The molecule has 2 aliphatic rings. The monoisotopic (exact) mass is 521 g/mol. The standard InChI is InChI=1S/C32H47N3O3/c1-21-27(29(36)33-26-19-38-20-26)17-28(35(21)18-22-12-10-9-11-13-22)23-14-24(16-25(15-23)31(2,3)4)30(37)34(8)32(5,6)7/h14-17,22,26H,9-13,18-20H2,1-8H3,(H,33,36). The van der Waals surface area contributed by atoms with E-state index in [2.05, 4.69) is 64.4 Å². The van der Waals surface area contributed by atoms with E-state index in [1.807, 2.05) is 30.1 Å². The fourth-order valence-corrected chi connectivity index (χ4v) is 5.39. The summed E-state index contributed by atoms with van der Waals surface area (Å²) < 4.78 is 7.61. The summed E-state index contributed by atoms with van der Waals surface area (Å²) in [5.74, 6) is 0.563. The first-order chi connectivity index (χ1) is 17.8. The molecule has 2 fully saturated rings. The van der Waals surface area contributed by atoms with Gasteiger partial charge in [-0.05, 0) is 87.3 Å². The minimum absolute atomic E-state index is 0.00917. The summed E-state index contributed by atoms with van der Waals surface area (Å²) in [6, 6.07) is 8.39. The van der Waals surface area contributed by atoms with Crippen molar-refractivity contribution < 1.29 is 14.3 Å². The number of nitrogens with zero attached hydrogens (tertiary/aromatic N) is 2. The van der Waals surface area contributed by atoms with Gasteiger partial charge in [0, 0.05) is 36.1 Å². The molecule has 1 saturated carbocycles. The maximum atomic E-state index is 13.6. The fourth-order valence-electron chi connectivity index (χ4n) is 5.39. The van der Waals surface area contributed by atoms with Crippen molar-refractivity contribution in [3.63, 3.8) is 0 Å². The molecule has 1 saturated heterocycles. The average Bonchev–Trinajstić information content (AvgIpc) is 3.15. The van der Waals surface area contributed by atoms with Crippen LogP contribution in [0, 0.1) is 12.8 Å². The van der Waals surface area contributed by atoms with Gasteiger partial charge in [0.2, 0.25) is 0 Å². The molecule has 1 aromatic carbocycles. The van der Waals surface area contributed by atoms with E-state index in [1.165, 1.54) is 32.1 Å². The Balaban J connectivity index is 1.82. The van der Waals surface area contributed by atoms with Crippen LogP contribution in [-0.4, -0.2) is 53.1 Å². The lowest BCUT2D eigenvalue weighted by molar-refractivity contribution is -0.00347. The highest BCUT2D eigenvalue weighted by molar-refractivity contribution is 5.98. The topological polar surface area (TPSA) is 63.6 Å². The van der Waals surface area contributed by atoms with Crippen molar-refractivity contribution in [3.8, 4) is 11.3 Å². The molecule has 1 N–H and O–H groups in total. The molecule has 6 heteroatoms. The minimum atomic E-state index is -0.288. The number of hydrogen-bond acceptors (Lipinski definition) is 3. The zero-order chi connectivity index (χ0) is 27.8. The van der Waals surface area contributed by atoms with Gasteiger partial charge in [-0.25, -0.2) is 0 Å². The molecule has 2 aromatic rings. The van der Waals surface area contributed by atoms with E-state index in [1.54, 1.807) is 0 Å². The molecule has 0 radical (unpaired) electrons. The number of carbonyl (C=O) groups excluding carboxylic acids is 2. The molecule has 1 aliphatic heterocycles. The molecule has 1 aromatic heterocycles. The third-order valence-corrected chi connectivity index (χ3v) is 8.40. The predicted molar refractivity (Wildman–Crippen MR) is 154 cm³/mol. The quantitative estimate of drug-likeness (QED) is 0.482. The van der Waals surface area contributed by atoms with Crippen LogP contribution in [0.15, 0.2) is 24.3 Å². The third-order valence-electron chi connectivity index (χ3n) is 8.40. The van der Waals surface area contributed by atoms with Crippen LogP contribution in [0.5, 0.6) is 0 Å². The van der Waals surface area contributed by atoms with Gasteiger partial charge < -0.3 is 19.5 Å². The van der Waals surface area contributed by atoms with Crippen LogP contribution in [0.4, 0.5) is 0 Å². The Bertz CT molecular complexity index is 1170. The number of carbonyl (C=O) groups is 2. The van der Waals surface area contributed by atoms with Gasteiger partial charge in [0.25, 0.3) is 11.8 Å². The van der Waals surface area contributed by atoms with Crippen LogP contribution in [-0.2, 0) is 16.7 Å². The van der Waals surface area contributed by atoms with Crippen molar-refractivity contribution in [2.24, 2.45) is 5.92 Å². The Labute approximate surface area is 229 Å². The Morgan fingerprint density at radius 2 is 1.66 bits per heavy atom. The van der Waals surface area contributed by atoms with Crippen LogP contribution < -0.4 is 5.32 Å². The first-order valence-electron chi connectivity index (χ1n) is 14.3. The second-order valence-corrected chi connectivity index (χ2v) is 13.4. The smallest absolute Gasteiger partial charge is 0.254 e. The van der Waals surface area contributed by atoms with E-state index in [-0.39, 0.29) is 28.8 Å². The van der Waals surface area contributed by atoms with Gasteiger partial charge >= 0.3 is 0 Å². The SMILES string of the molecule is Cc1c(C(=O)NC2COC2)cc(-c2cc(C(=O)N(C)C(C)(C)C)cc(C(C)(C)C)c2)n1CC1CCCCC1. The van der Waals surface area contributed by atoms with Crippen molar-refractivity contribution >= 4 is 11.8 Å². The lowest BCUT2D eigenvalue weighted by atomic mass is 9.84. The number of hydrogen-bond donors (Lipinski definition) is 1. The number of nitrogens with one attached hydrogen (secondary N) is 1. The fraction of sp³-hybridized carbons (Fsp3) is 0.625. The Morgan fingerprint density at radius 1 is 1.00 bits per heavy atom. The summed E-state index contributed by atoms with van der Waals surface area (Å²) in [5, 5.41) is 3.13. The Morgan fingerprint density at radius 3 is 2.21 bits per heavy atom. The molecular weight excluding hydrogens is 474 g/mol. The number of ether oxygens (including phenoxy) is 1. The highest BCUT2D eigenvalue weighted by atomic mass is 16.5. The van der Waals surface area contributed by atoms with E-state index < -0.39 is 0 Å². The van der Waals surface area contributed by atoms with Gasteiger partial charge in [-0.2, -0.15) is 0 Å². The third kappa shape index (κ3) is 6.17. The van der Waals surface area contributed by atoms with Crippen molar-refractivity contribution in [1.29, 1.82) is 0 Å². The Hall–Kier alpha value is -2.60. The zero-order valence-corrected chi connectivity index (χ0v) is 24.7. The Kier molecular flexibility index (Phi) is 8.13. The molecule has 38 heavy (non-hydrogen) atoms. The number of amides is 2. The minimum Gasteiger partial charge on any atom is -0.377 e. The molecule has 0 unspecified atom stereocenters. The second kappa shape index (κ2) is 10.9. The highest BCUT2D eigenvalue weighted by Crippen LogP contribution is 2.35. The molecule has 2 heterocycles. The molecular formula is C32H47N3O3. The summed E-state index contributed by atoms with van der Waals surface area (Å²) in [6.45, 7) is 16.8. The van der Waals surface area contributed by atoms with Gasteiger partial charge in [-0.1, -0.05) is 40.0 Å². The predicted octanol–water partition coefficient (Wildman–Crippen LogP) is 6.34. The second-order valence-electron chi connectivity index (χ2n) is 13.4. The summed E-state index contributed by atoms with van der Waals surface area (Å²) in [4.78, 5) is 28.8. The first-order valence-corrected chi connectivity index (χ1v) is 14.3. The number of rotatable bonds is 6. The van der Waals surface area contributed by atoms with Gasteiger partial charge in [0.05, 0.1) is 24.8 Å². The van der Waals surface area contributed by atoms with Crippen LogP contribution in [0.1, 0.15) is 106 Å². The average molecular weight is 522 g/mol. The largest absolute Gasteiger partial charge is 0.377 e. The molecule has 0 spiro atoms.